The highest BCUT2D eigenvalue weighted by Gasteiger charge is 2.11. The van der Waals surface area contributed by atoms with Crippen molar-refractivity contribution in [3.63, 3.8) is 0 Å². The van der Waals surface area contributed by atoms with Gasteiger partial charge in [0.15, 0.2) is 0 Å². The minimum atomic E-state index is 0.324. The third-order valence-electron chi connectivity index (χ3n) is 2.96. The van der Waals surface area contributed by atoms with Gasteiger partial charge in [-0.15, -0.1) is 0 Å². The van der Waals surface area contributed by atoms with E-state index in [1.165, 1.54) is 11.3 Å². The van der Waals surface area contributed by atoms with E-state index in [0.29, 0.717) is 5.75 Å². The molecule has 0 unspecified atom stereocenters. The van der Waals surface area contributed by atoms with Crippen LogP contribution >= 0.6 is 0 Å². The number of nitrogens with zero attached hydrogens (tertiary/aromatic N) is 1. The van der Waals surface area contributed by atoms with E-state index >= 15 is 0 Å². The van der Waals surface area contributed by atoms with Gasteiger partial charge >= 0.3 is 0 Å². The number of aryl methyl sites for hydroxylation is 1. The smallest absolute Gasteiger partial charge is 0.116 e. The topological polar surface area (TPSA) is 37.2 Å². The molecular formula is C12H16N2O. The number of fused-ring (bicyclic) bond motifs is 1. The molecule has 3 heteroatoms. The van der Waals surface area contributed by atoms with Crippen molar-refractivity contribution in [2.24, 2.45) is 7.05 Å². The number of aromatic nitrogens is 1. The Balaban J connectivity index is 2.76. The summed E-state index contributed by atoms with van der Waals surface area (Å²) >= 11 is 0. The number of phenols is 1. The molecule has 0 bridgehead atoms. The zero-order valence-corrected chi connectivity index (χ0v) is 9.33. The Morgan fingerprint density at radius 1 is 1.40 bits per heavy atom. The number of hydrogen-bond acceptors (Lipinski definition) is 2. The summed E-state index contributed by atoms with van der Waals surface area (Å²) in [7, 11) is 3.98. The van der Waals surface area contributed by atoms with Gasteiger partial charge in [-0.05, 0) is 37.7 Å². The third-order valence-corrected chi connectivity index (χ3v) is 2.96. The molecule has 0 aliphatic carbocycles. The SMILES string of the molecule is CNCc1c(C)n(C)c2ccc(O)cc12. The van der Waals surface area contributed by atoms with Crippen molar-refractivity contribution in [3.8, 4) is 5.75 Å². The lowest BCUT2D eigenvalue weighted by Gasteiger charge is -2.00. The highest BCUT2D eigenvalue weighted by atomic mass is 16.3. The predicted molar refractivity (Wildman–Crippen MR) is 62.1 cm³/mol. The van der Waals surface area contributed by atoms with Gasteiger partial charge in [0.2, 0.25) is 0 Å². The van der Waals surface area contributed by atoms with Crippen molar-refractivity contribution < 1.29 is 5.11 Å². The van der Waals surface area contributed by atoms with Crippen LogP contribution in [0.5, 0.6) is 5.75 Å². The van der Waals surface area contributed by atoms with Crippen molar-refractivity contribution >= 4 is 10.9 Å². The summed E-state index contributed by atoms with van der Waals surface area (Å²) in [5, 5.41) is 13.8. The van der Waals surface area contributed by atoms with Crippen LogP contribution in [0.2, 0.25) is 0 Å². The maximum Gasteiger partial charge on any atom is 0.116 e. The molecule has 15 heavy (non-hydrogen) atoms. The van der Waals surface area contributed by atoms with Crippen LogP contribution in [0.4, 0.5) is 0 Å². The van der Waals surface area contributed by atoms with E-state index in [4.69, 9.17) is 0 Å². The largest absolute Gasteiger partial charge is 0.508 e. The van der Waals surface area contributed by atoms with Gasteiger partial charge in [0, 0.05) is 30.2 Å². The zero-order valence-electron chi connectivity index (χ0n) is 9.33. The molecule has 3 nitrogen and oxygen atoms in total. The molecule has 0 aliphatic heterocycles. The Hall–Kier alpha value is -1.48. The van der Waals surface area contributed by atoms with Crippen molar-refractivity contribution in [1.29, 1.82) is 0 Å². The fourth-order valence-corrected chi connectivity index (χ4v) is 2.04. The first-order valence-electron chi connectivity index (χ1n) is 5.06. The Labute approximate surface area is 89.3 Å². The molecule has 2 aromatic rings. The van der Waals surface area contributed by atoms with Gasteiger partial charge in [-0.2, -0.15) is 0 Å². The van der Waals surface area contributed by atoms with Gasteiger partial charge in [0.1, 0.15) is 5.75 Å². The lowest BCUT2D eigenvalue weighted by Crippen LogP contribution is -2.06. The van der Waals surface area contributed by atoms with E-state index in [1.54, 1.807) is 6.07 Å². The maximum atomic E-state index is 9.49. The average Bonchev–Trinajstić information content (AvgIpc) is 2.44. The highest BCUT2D eigenvalue weighted by molar-refractivity contribution is 5.86. The normalized spacial score (nSPS) is 11.1. The van der Waals surface area contributed by atoms with Crippen molar-refractivity contribution in [1.82, 2.24) is 9.88 Å². The van der Waals surface area contributed by atoms with Gasteiger partial charge in [0.05, 0.1) is 0 Å². The minimum absolute atomic E-state index is 0.324. The van der Waals surface area contributed by atoms with Crippen molar-refractivity contribution in [3.05, 3.63) is 29.5 Å². The molecule has 1 aromatic heterocycles. The van der Waals surface area contributed by atoms with E-state index in [9.17, 15) is 5.11 Å². The Morgan fingerprint density at radius 2 is 2.13 bits per heavy atom. The molecule has 1 aromatic carbocycles. The van der Waals surface area contributed by atoms with Crippen LogP contribution in [0.25, 0.3) is 10.9 Å². The van der Waals surface area contributed by atoms with Crippen LogP contribution in [0.1, 0.15) is 11.3 Å². The number of nitrogens with one attached hydrogen (secondary N) is 1. The van der Waals surface area contributed by atoms with Gasteiger partial charge in [-0.25, -0.2) is 0 Å². The summed E-state index contributed by atoms with van der Waals surface area (Å²) in [6.45, 7) is 2.93. The van der Waals surface area contributed by atoms with Gasteiger partial charge in [-0.1, -0.05) is 0 Å². The lowest BCUT2D eigenvalue weighted by atomic mass is 10.1. The van der Waals surface area contributed by atoms with Crippen LogP contribution in [-0.4, -0.2) is 16.7 Å². The van der Waals surface area contributed by atoms with Gasteiger partial charge in [-0.3, -0.25) is 0 Å². The monoisotopic (exact) mass is 204 g/mol. The van der Waals surface area contributed by atoms with Crippen molar-refractivity contribution in [2.45, 2.75) is 13.5 Å². The molecule has 0 radical (unpaired) electrons. The second-order valence-electron chi connectivity index (χ2n) is 3.85. The standard InChI is InChI=1S/C12H16N2O/c1-8-11(7-13-2)10-6-9(15)4-5-12(10)14(8)3/h4-6,13,15H,7H2,1-3H3. The van der Waals surface area contributed by atoms with E-state index < -0.39 is 0 Å². The third kappa shape index (κ3) is 1.49. The quantitative estimate of drug-likeness (QED) is 0.784. The van der Waals surface area contributed by atoms with E-state index in [2.05, 4.69) is 16.8 Å². The summed E-state index contributed by atoms with van der Waals surface area (Å²) in [4.78, 5) is 0. The van der Waals surface area contributed by atoms with E-state index in [-0.39, 0.29) is 0 Å². The molecule has 80 valence electrons. The number of benzene rings is 1. The van der Waals surface area contributed by atoms with E-state index in [0.717, 1.165) is 17.4 Å². The highest BCUT2D eigenvalue weighted by Crippen LogP contribution is 2.27. The second-order valence-corrected chi connectivity index (χ2v) is 3.85. The molecule has 1 heterocycles. The summed E-state index contributed by atoms with van der Waals surface area (Å²) in [5.74, 6) is 0.324. The van der Waals surface area contributed by atoms with E-state index in [1.807, 2.05) is 26.2 Å². The molecule has 2 rings (SSSR count). The summed E-state index contributed by atoms with van der Waals surface area (Å²) < 4.78 is 2.15. The number of hydrogen-bond donors (Lipinski definition) is 2. The van der Waals surface area contributed by atoms with Crippen LogP contribution in [0.15, 0.2) is 18.2 Å². The molecule has 0 fully saturated rings. The Morgan fingerprint density at radius 3 is 2.80 bits per heavy atom. The predicted octanol–water partition coefficient (Wildman–Crippen LogP) is 1.91. The maximum absolute atomic E-state index is 9.49. The fraction of sp³-hybridized carbons (Fsp3) is 0.333. The fourth-order valence-electron chi connectivity index (χ4n) is 2.04. The van der Waals surface area contributed by atoms with Crippen LogP contribution < -0.4 is 5.32 Å². The van der Waals surface area contributed by atoms with Crippen LogP contribution in [-0.2, 0) is 13.6 Å². The average molecular weight is 204 g/mol. The summed E-state index contributed by atoms with van der Waals surface area (Å²) in [5.41, 5.74) is 3.66. The Kier molecular flexibility index (Phi) is 2.40. The second kappa shape index (κ2) is 3.59. The molecule has 0 saturated heterocycles. The zero-order chi connectivity index (χ0) is 11.0. The summed E-state index contributed by atoms with van der Waals surface area (Å²) in [6, 6.07) is 5.51. The minimum Gasteiger partial charge on any atom is -0.508 e. The lowest BCUT2D eigenvalue weighted by molar-refractivity contribution is 0.476. The van der Waals surface area contributed by atoms with Gasteiger partial charge < -0.3 is 15.0 Å². The first-order valence-corrected chi connectivity index (χ1v) is 5.06. The molecule has 0 atom stereocenters. The Bertz CT molecular complexity index is 500. The molecule has 0 amide bonds. The molecule has 2 N–H and O–H groups in total. The molecule has 0 spiro atoms. The number of aromatic hydroxyl groups is 1. The molecular weight excluding hydrogens is 188 g/mol. The van der Waals surface area contributed by atoms with Gasteiger partial charge in [0.25, 0.3) is 0 Å². The first-order chi connectivity index (χ1) is 7.15. The molecule has 0 aliphatic rings. The van der Waals surface area contributed by atoms with Crippen LogP contribution in [0.3, 0.4) is 0 Å². The number of rotatable bonds is 2. The summed E-state index contributed by atoms with van der Waals surface area (Å²) in [6.07, 6.45) is 0. The first kappa shape index (κ1) is 10.1. The van der Waals surface area contributed by atoms with Crippen molar-refractivity contribution in [2.75, 3.05) is 7.05 Å². The van der Waals surface area contributed by atoms with Crippen LogP contribution in [0, 0.1) is 6.92 Å². The molecule has 0 saturated carbocycles. The number of phenolic OH excluding ortho intramolecular Hbond substituents is 1.